The maximum Gasteiger partial charge on any atom is 0.261 e. The normalized spacial score (nSPS) is 19.3. The molecule has 0 aromatic carbocycles. The number of aromatic nitrogens is 1. The first-order valence-corrected chi connectivity index (χ1v) is 6.58. The number of carbonyl (C=O) groups excluding carboxylic acids is 1. The molecule has 1 N–H and O–H groups in total. The van der Waals surface area contributed by atoms with Crippen molar-refractivity contribution in [2.24, 2.45) is 0 Å². The predicted molar refractivity (Wildman–Crippen MR) is 70.9 cm³/mol. The SMILES string of the molecule is CCc1cc(C(=O)N2CCC[C@@H]2C)c(=O)[nH]c1C. The van der Waals surface area contributed by atoms with Gasteiger partial charge in [-0.3, -0.25) is 9.59 Å². The Morgan fingerprint density at radius 2 is 2.28 bits per heavy atom. The lowest BCUT2D eigenvalue weighted by Gasteiger charge is -2.21. The Kier molecular flexibility index (Phi) is 3.55. The summed E-state index contributed by atoms with van der Waals surface area (Å²) in [5, 5.41) is 0. The first kappa shape index (κ1) is 12.9. The minimum absolute atomic E-state index is 0.129. The molecule has 0 unspecified atom stereocenters. The first-order valence-electron chi connectivity index (χ1n) is 6.58. The van der Waals surface area contributed by atoms with Crippen LogP contribution in [0.3, 0.4) is 0 Å². The van der Waals surface area contributed by atoms with Crippen molar-refractivity contribution in [3.63, 3.8) is 0 Å². The summed E-state index contributed by atoms with van der Waals surface area (Å²) < 4.78 is 0. The summed E-state index contributed by atoms with van der Waals surface area (Å²) in [7, 11) is 0. The van der Waals surface area contributed by atoms with Gasteiger partial charge in [0.15, 0.2) is 0 Å². The summed E-state index contributed by atoms with van der Waals surface area (Å²) in [5.41, 5.74) is 1.90. The van der Waals surface area contributed by atoms with Crippen LogP contribution < -0.4 is 5.56 Å². The molecule has 4 heteroatoms. The number of carbonyl (C=O) groups is 1. The van der Waals surface area contributed by atoms with Crippen LogP contribution in [0, 0.1) is 6.92 Å². The van der Waals surface area contributed by atoms with Crippen LogP contribution in [0.15, 0.2) is 10.9 Å². The zero-order valence-corrected chi connectivity index (χ0v) is 11.2. The van der Waals surface area contributed by atoms with Crippen molar-refractivity contribution in [2.45, 2.75) is 46.1 Å². The highest BCUT2D eigenvalue weighted by Gasteiger charge is 2.27. The first-order chi connectivity index (χ1) is 8.54. The molecule has 2 rings (SSSR count). The molecule has 1 atom stereocenters. The third-order valence-corrected chi connectivity index (χ3v) is 3.77. The van der Waals surface area contributed by atoms with Gasteiger partial charge >= 0.3 is 0 Å². The lowest BCUT2D eigenvalue weighted by atomic mass is 10.1. The highest BCUT2D eigenvalue weighted by molar-refractivity contribution is 5.94. The molecule has 0 aliphatic carbocycles. The smallest absolute Gasteiger partial charge is 0.261 e. The predicted octanol–water partition coefficient (Wildman–Crippen LogP) is 1.87. The maximum atomic E-state index is 12.4. The molecule has 0 radical (unpaired) electrons. The van der Waals surface area contributed by atoms with Crippen molar-refractivity contribution in [3.05, 3.63) is 33.2 Å². The van der Waals surface area contributed by atoms with E-state index in [1.165, 1.54) is 0 Å². The van der Waals surface area contributed by atoms with Gasteiger partial charge in [-0.15, -0.1) is 0 Å². The number of amides is 1. The number of nitrogens with zero attached hydrogens (tertiary/aromatic N) is 1. The minimum atomic E-state index is -0.270. The van der Waals surface area contributed by atoms with Gasteiger partial charge in [-0.25, -0.2) is 0 Å². The molecule has 0 spiro atoms. The molecule has 2 heterocycles. The number of rotatable bonds is 2. The average Bonchev–Trinajstić information content (AvgIpc) is 2.75. The van der Waals surface area contributed by atoms with E-state index >= 15 is 0 Å². The standard InChI is InChI=1S/C14H20N2O2/c1-4-11-8-12(13(17)15-10(11)3)14(18)16-7-5-6-9(16)2/h8-9H,4-7H2,1-3H3,(H,15,17)/t9-/m0/s1. The van der Waals surface area contributed by atoms with E-state index in [0.29, 0.717) is 0 Å². The fourth-order valence-electron chi connectivity index (χ4n) is 2.58. The van der Waals surface area contributed by atoms with E-state index in [2.05, 4.69) is 4.98 Å². The van der Waals surface area contributed by atoms with Gasteiger partial charge in [0.2, 0.25) is 0 Å². The van der Waals surface area contributed by atoms with E-state index in [1.54, 1.807) is 11.0 Å². The largest absolute Gasteiger partial charge is 0.336 e. The molecule has 1 fully saturated rings. The molecule has 4 nitrogen and oxygen atoms in total. The minimum Gasteiger partial charge on any atom is -0.336 e. The van der Waals surface area contributed by atoms with Crippen LogP contribution in [0.1, 0.15) is 48.3 Å². The van der Waals surface area contributed by atoms with Gasteiger partial charge in [-0.05, 0) is 44.7 Å². The molecule has 1 aliphatic rings. The number of pyridine rings is 1. The zero-order chi connectivity index (χ0) is 13.3. The second-order valence-corrected chi connectivity index (χ2v) is 5.01. The molecule has 1 saturated heterocycles. The second kappa shape index (κ2) is 4.96. The average molecular weight is 248 g/mol. The lowest BCUT2D eigenvalue weighted by molar-refractivity contribution is 0.0745. The Hall–Kier alpha value is -1.58. The number of aromatic amines is 1. The van der Waals surface area contributed by atoms with Gasteiger partial charge in [0.1, 0.15) is 5.56 Å². The molecular weight excluding hydrogens is 228 g/mol. The summed E-state index contributed by atoms with van der Waals surface area (Å²) in [6.45, 7) is 6.68. The quantitative estimate of drug-likeness (QED) is 0.868. The zero-order valence-electron chi connectivity index (χ0n) is 11.2. The Morgan fingerprint density at radius 3 is 2.83 bits per heavy atom. The molecule has 1 aromatic rings. The fraction of sp³-hybridized carbons (Fsp3) is 0.571. The maximum absolute atomic E-state index is 12.4. The van der Waals surface area contributed by atoms with Gasteiger partial charge < -0.3 is 9.88 Å². The third kappa shape index (κ3) is 2.19. The molecule has 1 amide bonds. The van der Waals surface area contributed by atoms with Crippen LogP contribution in [0.4, 0.5) is 0 Å². The Bertz CT molecular complexity index is 519. The Balaban J connectivity index is 2.38. The van der Waals surface area contributed by atoms with Gasteiger partial charge in [0.05, 0.1) is 0 Å². The fourth-order valence-corrected chi connectivity index (χ4v) is 2.58. The summed E-state index contributed by atoms with van der Waals surface area (Å²) >= 11 is 0. The molecule has 1 aliphatic heterocycles. The van der Waals surface area contributed by atoms with Gasteiger partial charge in [-0.1, -0.05) is 6.92 Å². The van der Waals surface area contributed by atoms with E-state index in [4.69, 9.17) is 0 Å². The number of aryl methyl sites for hydroxylation is 2. The van der Waals surface area contributed by atoms with Crippen LogP contribution in [0.5, 0.6) is 0 Å². The van der Waals surface area contributed by atoms with Crippen molar-refractivity contribution in [1.29, 1.82) is 0 Å². The third-order valence-electron chi connectivity index (χ3n) is 3.77. The monoisotopic (exact) mass is 248 g/mol. The second-order valence-electron chi connectivity index (χ2n) is 5.01. The number of hydrogen-bond donors (Lipinski definition) is 1. The molecule has 0 saturated carbocycles. The van der Waals surface area contributed by atoms with Gasteiger partial charge in [0.25, 0.3) is 11.5 Å². The van der Waals surface area contributed by atoms with Crippen LogP contribution in [0.25, 0.3) is 0 Å². The molecule has 1 aromatic heterocycles. The summed E-state index contributed by atoms with van der Waals surface area (Å²) in [5.74, 6) is -0.129. The lowest BCUT2D eigenvalue weighted by Crippen LogP contribution is -2.37. The summed E-state index contributed by atoms with van der Waals surface area (Å²) in [4.78, 5) is 28.9. The van der Waals surface area contributed by atoms with E-state index < -0.39 is 0 Å². The van der Waals surface area contributed by atoms with Gasteiger partial charge in [0, 0.05) is 18.3 Å². The van der Waals surface area contributed by atoms with Crippen molar-refractivity contribution in [2.75, 3.05) is 6.54 Å². The topological polar surface area (TPSA) is 53.2 Å². The number of H-pyrrole nitrogens is 1. The van der Waals surface area contributed by atoms with E-state index in [-0.39, 0.29) is 23.1 Å². The van der Waals surface area contributed by atoms with E-state index in [1.807, 2.05) is 20.8 Å². The van der Waals surface area contributed by atoms with Crippen LogP contribution in [-0.2, 0) is 6.42 Å². The van der Waals surface area contributed by atoms with Crippen molar-refractivity contribution in [3.8, 4) is 0 Å². The number of likely N-dealkylation sites (tertiary alicyclic amines) is 1. The van der Waals surface area contributed by atoms with Crippen molar-refractivity contribution in [1.82, 2.24) is 9.88 Å². The van der Waals surface area contributed by atoms with Crippen LogP contribution in [0.2, 0.25) is 0 Å². The van der Waals surface area contributed by atoms with Crippen molar-refractivity contribution < 1.29 is 4.79 Å². The summed E-state index contributed by atoms with van der Waals surface area (Å²) in [6.07, 6.45) is 2.87. The van der Waals surface area contributed by atoms with Crippen molar-refractivity contribution >= 4 is 5.91 Å². The Labute approximate surface area is 107 Å². The van der Waals surface area contributed by atoms with Crippen LogP contribution in [-0.4, -0.2) is 28.4 Å². The highest BCUT2D eigenvalue weighted by atomic mass is 16.2. The number of nitrogens with one attached hydrogen (secondary N) is 1. The van der Waals surface area contributed by atoms with Gasteiger partial charge in [-0.2, -0.15) is 0 Å². The summed E-state index contributed by atoms with van der Waals surface area (Å²) in [6, 6.07) is 1.99. The highest BCUT2D eigenvalue weighted by Crippen LogP contribution is 2.19. The van der Waals surface area contributed by atoms with Crippen LogP contribution >= 0.6 is 0 Å². The molecular formula is C14H20N2O2. The Morgan fingerprint density at radius 1 is 1.56 bits per heavy atom. The molecule has 98 valence electrons. The molecule has 18 heavy (non-hydrogen) atoms. The number of hydrogen-bond acceptors (Lipinski definition) is 2. The van der Waals surface area contributed by atoms with E-state index in [9.17, 15) is 9.59 Å². The molecule has 0 bridgehead atoms. The van der Waals surface area contributed by atoms with E-state index in [0.717, 1.165) is 37.1 Å².